The van der Waals surface area contributed by atoms with E-state index in [2.05, 4.69) is 41.4 Å². The highest BCUT2D eigenvalue weighted by atomic mass is 19.1. The number of rotatable bonds is 3. The van der Waals surface area contributed by atoms with Gasteiger partial charge in [-0.15, -0.1) is 0 Å². The molecular formula is C27H33FN2O. The van der Waals surface area contributed by atoms with Gasteiger partial charge in [0.1, 0.15) is 5.82 Å². The first kappa shape index (κ1) is 20.7. The first-order chi connectivity index (χ1) is 15.1. The van der Waals surface area contributed by atoms with Crippen LogP contribution < -0.4 is 5.32 Å². The number of aryl methyl sites for hydroxylation is 1. The predicted octanol–water partition coefficient (Wildman–Crippen LogP) is 5.29. The molecule has 1 amide bonds. The summed E-state index contributed by atoms with van der Waals surface area (Å²) >= 11 is 0. The maximum absolute atomic E-state index is 13.6. The molecule has 31 heavy (non-hydrogen) atoms. The second kappa shape index (κ2) is 8.05. The lowest BCUT2D eigenvalue weighted by molar-refractivity contribution is -0.132. The van der Waals surface area contributed by atoms with Gasteiger partial charge < -0.3 is 5.32 Å². The van der Waals surface area contributed by atoms with E-state index in [0.717, 1.165) is 45.3 Å². The average Bonchev–Trinajstić information content (AvgIpc) is 3.11. The monoisotopic (exact) mass is 420 g/mol. The lowest BCUT2D eigenvalue weighted by atomic mass is 9.65. The molecule has 4 heteroatoms. The predicted molar refractivity (Wildman–Crippen MR) is 121 cm³/mol. The number of benzene rings is 2. The quantitative estimate of drug-likeness (QED) is 0.732. The molecule has 2 heterocycles. The van der Waals surface area contributed by atoms with Crippen LogP contribution in [0.4, 0.5) is 4.39 Å². The lowest BCUT2D eigenvalue weighted by Gasteiger charge is -2.52. The highest BCUT2D eigenvalue weighted by molar-refractivity contribution is 5.86. The van der Waals surface area contributed by atoms with Crippen LogP contribution in [0.25, 0.3) is 0 Å². The number of carbonyl (C=O) groups excluding carboxylic acids is 1. The summed E-state index contributed by atoms with van der Waals surface area (Å²) in [4.78, 5) is 15.8. The fraction of sp³-hybridized carbons (Fsp3) is 0.519. The normalized spacial score (nSPS) is 25.5. The molecule has 164 valence electrons. The van der Waals surface area contributed by atoms with Crippen molar-refractivity contribution in [1.82, 2.24) is 10.2 Å². The van der Waals surface area contributed by atoms with E-state index in [0.29, 0.717) is 0 Å². The summed E-state index contributed by atoms with van der Waals surface area (Å²) in [6.45, 7) is 4.75. The topological polar surface area (TPSA) is 32.3 Å². The summed E-state index contributed by atoms with van der Waals surface area (Å²) in [6.07, 6.45) is 7.73. The molecule has 1 saturated carbocycles. The third kappa shape index (κ3) is 3.40. The van der Waals surface area contributed by atoms with Gasteiger partial charge in [0.15, 0.2) is 0 Å². The molecular weight excluding hydrogens is 387 g/mol. The van der Waals surface area contributed by atoms with Crippen molar-refractivity contribution in [2.45, 2.75) is 63.3 Å². The maximum atomic E-state index is 13.6. The van der Waals surface area contributed by atoms with Crippen LogP contribution in [0.15, 0.2) is 48.5 Å². The highest BCUT2D eigenvalue weighted by Crippen LogP contribution is 2.51. The minimum Gasteiger partial charge on any atom is -0.355 e. The second-order valence-corrected chi connectivity index (χ2v) is 9.86. The van der Waals surface area contributed by atoms with Crippen molar-refractivity contribution in [1.29, 1.82) is 0 Å². The number of amides is 1. The van der Waals surface area contributed by atoms with E-state index < -0.39 is 0 Å². The molecule has 3 nitrogen and oxygen atoms in total. The van der Waals surface area contributed by atoms with Crippen molar-refractivity contribution >= 4 is 5.91 Å². The molecule has 2 aromatic carbocycles. The summed E-state index contributed by atoms with van der Waals surface area (Å²) < 4.78 is 13.6. The number of halogens is 1. The largest absolute Gasteiger partial charge is 0.355 e. The maximum Gasteiger partial charge on any atom is 0.227 e. The molecule has 1 atom stereocenters. The van der Waals surface area contributed by atoms with Gasteiger partial charge >= 0.3 is 0 Å². The molecule has 2 saturated heterocycles. The van der Waals surface area contributed by atoms with Gasteiger partial charge in [-0.3, -0.25) is 9.69 Å². The smallest absolute Gasteiger partial charge is 0.227 e. The van der Waals surface area contributed by atoms with Crippen LogP contribution in [-0.2, 0) is 10.3 Å². The zero-order valence-corrected chi connectivity index (χ0v) is 18.5. The number of nitrogens with zero attached hydrogens (tertiary/aromatic N) is 1. The van der Waals surface area contributed by atoms with Crippen LogP contribution in [0, 0.1) is 18.2 Å². The zero-order valence-electron chi connectivity index (χ0n) is 18.5. The Morgan fingerprint density at radius 3 is 2.29 bits per heavy atom. The molecule has 0 bridgehead atoms. The number of hydrogen-bond acceptors (Lipinski definition) is 2. The summed E-state index contributed by atoms with van der Waals surface area (Å²) in [5.74, 6) is 0.312. The van der Waals surface area contributed by atoms with Crippen molar-refractivity contribution in [3.63, 3.8) is 0 Å². The van der Waals surface area contributed by atoms with Crippen molar-refractivity contribution < 1.29 is 9.18 Å². The summed E-state index contributed by atoms with van der Waals surface area (Å²) in [5.41, 5.74) is 3.53. The Morgan fingerprint density at radius 2 is 1.61 bits per heavy atom. The third-order valence-electron chi connectivity index (χ3n) is 8.47. The second-order valence-electron chi connectivity index (χ2n) is 9.86. The van der Waals surface area contributed by atoms with Gasteiger partial charge in [-0.2, -0.15) is 0 Å². The van der Waals surface area contributed by atoms with Gasteiger partial charge in [-0.1, -0.05) is 55.7 Å². The van der Waals surface area contributed by atoms with Crippen LogP contribution in [0.3, 0.4) is 0 Å². The van der Waals surface area contributed by atoms with E-state index >= 15 is 0 Å². The highest BCUT2D eigenvalue weighted by Gasteiger charge is 2.54. The van der Waals surface area contributed by atoms with Crippen LogP contribution in [0.5, 0.6) is 0 Å². The lowest BCUT2D eigenvalue weighted by Crippen LogP contribution is -2.54. The number of hydrogen-bond donors (Lipinski definition) is 1. The summed E-state index contributed by atoms with van der Waals surface area (Å²) in [5, 5.41) is 3.20. The molecule has 1 unspecified atom stereocenters. The summed E-state index contributed by atoms with van der Waals surface area (Å²) in [7, 11) is 0. The molecule has 2 aromatic rings. The minimum absolute atomic E-state index is 0.0131. The Balaban J connectivity index is 1.43. The van der Waals surface area contributed by atoms with Crippen molar-refractivity contribution in [2.75, 3.05) is 19.6 Å². The molecule has 2 aliphatic heterocycles. The molecule has 1 N–H and O–H groups in total. The standard InChI is InChI=1S/C27H33FN2O/c1-20-7-3-4-8-23(20)24-19-29-25(31)26(24)15-17-30(18-16-26)27(13-5-2-6-14-27)21-9-11-22(28)12-10-21/h3-4,7-12,24H,2,5-6,13-19H2,1H3,(H,29,31). The zero-order chi connectivity index (χ0) is 21.5. The van der Waals surface area contributed by atoms with E-state index in [1.54, 1.807) is 12.1 Å². The Labute approximate surface area is 185 Å². The van der Waals surface area contributed by atoms with Gasteiger partial charge in [0.2, 0.25) is 5.91 Å². The first-order valence-electron chi connectivity index (χ1n) is 11.9. The summed E-state index contributed by atoms with van der Waals surface area (Å²) in [6, 6.07) is 15.7. The number of carbonyl (C=O) groups is 1. The Kier molecular flexibility index (Phi) is 5.37. The van der Waals surface area contributed by atoms with Crippen molar-refractivity contribution in [3.05, 3.63) is 71.0 Å². The number of nitrogens with one attached hydrogen (secondary N) is 1. The molecule has 3 aliphatic rings. The van der Waals surface area contributed by atoms with Gasteiger partial charge in [-0.05, 0) is 61.4 Å². The van der Waals surface area contributed by atoms with Gasteiger partial charge in [0.25, 0.3) is 0 Å². The minimum atomic E-state index is -0.304. The van der Waals surface area contributed by atoms with Crippen LogP contribution >= 0.6 is 0 Å². The molecule has 5 rings (SSSR count). The van der Waals surface area contributed by atoms with Crippen molar-refractivity contribution in [2.24, 2.45) is 5.41 Å². The Morgan fingerprint density at radius 1 is 0.935 bits per heavy atom. The molecule has 0 aromatic heterocycles. The first-order valence-corrected chi connectivity index (χ1v) is 11.9. The van der Waals surface area contributed by atoms with E-state index in [9.17, 15) is 9.18 Å². The average molecular weight is 421 g/mol. The molecule has 1 aliphatic carbocycles. The van der Waals surface area contributed by atoms with Crippen LogP contribution in [0.1, 0.15) is 67.6 Å². The Hall–Kier alpha value is -2.20. The fourth-order valence-corrected chi connectivity index (χ4v) is 6.70. The fourth-order valence-electron chi connectivity index (χ4n) is 6.70. The molecule has 3 fully saturated rings. The van der Waals surface area contributed by atoms with E-state index in [4.69, 9.17) is 0 Å². The van der Waals surface area contributed by atoms with Gasteiger partial charge in [0.05, 0.1) is 5.41 Å². The van der Waals surface area contributed by atoms with Crippen LogP contribution in [0.2, 0.25) is 0 Å². The number of likely N-dealkylation sites (tertiary alicyclic amines) is 1. The van der Waals surface area contributed by atoms with Crippen molar-refractivity contribution in [3.8, 4) is 0 Å². The van der Waals surface area contributed by atoms with Gasteiger partial charge in [-0.25, -0.2) is 4.39 Å². The van der Waals surface area contributed by atoms with Crippen LogP contribution in [-0.4, -0.2) is 30.4 Å². The third-order valence-corrected chi connectivity index (χ3v) is 8.47. The van der Waals surface area contributed by atoms with E-state index in [-0.39, 0.29) is 28.6 Å². The van der Waals surface area contributed by atoms with Gasteiger partial charge in [0, 0.05) is 31.1 Å². The number of piperidine rings is 1. The molecule has 1 spiro atoms. The Bertz CT molecular complexity index is 940. The molecule has 0 radical (unpaired) electrons. The van der Waals surface area contributed by atoms with E-state index in [1.807, 2.05) is 12.1 Å². The van der Waals surface area contributed by atoms with E-state index in [1.165, 1.54) is 36.0 Å². The SMILES string of the molecule is Cc1ccccc1C1CNC(=O)C12CCN(C1(c3ccc(F)cc3)CCCCC1)CC2.